The van der Waals surface area contributed by atoms with Crippen molar-refractivity contribution in [2.45, 2.75) is 13.8 Å². The second-order valence-electron chi connectivity index (χ2n) is 6.86. The van der Waals surface area contributed by atoms with Gasteiger partial charge in [0, 0.05) is 5.69 Å². The van der Waals surface area contributed by atoms with Crippen molar-refractivity contribution in [3.05, 3.63) is 95.1 Å². The lowest BCUT2D eigenvalue weighted by Crippen LogP contribution is -2.23. The van der Waals surface area contributed by atoms with Crippen molar-refractivity contribution >= 4 is 29.2 Å². The Hall–Kier alpha value is -3.93. The third-order valence-corrected chi connectivity index (χ3v) is 4.31. The Labute approximate surface area is 174 Å². The van der Waals surface area contributed by atoms with Gasteiger partial charge in [0.25, 0.3) is 11.8 Å². The Bertz CT molecular complexity index is 1090. The minimum atomic E-state index is -0.584. The second-order valence-corrected chi connectivity index (χ2v) is 6.86. The molecule has 0 aliphatic heterocycles. The number of ether oxygens (including phenoxy) is 1. The fourth-order valence-corrected chi connectivity index (χ4v) is 2.88. The number of aryl methyl sites for hydroxylation is 2. The first-order valence-electron chi connectivity index (χ1n) is 9.43. The van der Waals surface area contributed by atoms with E-state index >= 15 is 0 Å². The van der Waals surface area contributed by atoms with Gasteiger partial charge in [0.1, 0.15) is 0 Å². The third-order valence-electron chi connectivity index (χ3n) is 4.31. The first kappa shape index (κ1) is 20.8. The van der Waals surface area contributed by atoms with Crippen LogP contribution in [-0.2, 0) is 9.53 Å². The summed E-state index contributed by atoms with van der Waals surface area (Å²) in [5.41, 5.74) is 3.61. The van der Waals surface area contributed by atoms with Gasteiger partial charge < -0.3 is 15.4 Å². The maximum absolute atomic E-state index is 12.7. The van der Waals surface area contributed by atoms with Crippen LogP contribution in [0.15, 0.2) is 72.8 Å². The van der Waals surface area contributed by atoms with Gasteiger partial charge in [0.2, 0.25) is 0 Å². The fourth-order valence-electron chi connectivity index (χ4n) is 2.88. The number of carbonyl (C=O) groups is 3. The summed E-state index contributed by atoms with van der Waals surface area (Å²) >= 11 is 0. The van der Waals surface area contributed by atoms with Crippen LogP contribution in [0.2, 0.25) is 0 Å². The average Bonchev–Trinajstić information content (AvgIpc) is 2.72. The molecule has 30 heavy (non-hydrogen) atoms. The number of carbonyl (C=O) groups excluding carboxylic acids is 3. The summed E-state index contributed by atoms with van der Waals surface area (Å²) in [5, 5.41) is 5.44. The lowest BCUT2D eigenvalue weighted by molar-refractivity contribution is -0.119. The Kier molecular flexibility index (Phi) is 6.60. The van der Waals surface area contributed by atoms with Crippen molar-refractivity contribution in [2.75, 3.05) is 17.2 Å². The van der Waals surface area contributed by atoms with Crippen molar-refractivity contribution in [3.8, 4) is 0 Å². The summed E-state index contributed by atoms with van der Waals surface area (Å²) in [6, 6.07) is 21.0. The number of rotatable bonds is 6. The predicted octanol–water partition coefficient (Wildman–Crippen LogP) is 4.35. The molecule has 0 unspecified atom stereocenters. The van der Waals surface area contributed by atoms with E-state index in [0.717, 1.165) is 11.1 Å². The number of hydrogen-bond donors (Lipinski definition) is 2. The number of para-hydroxylation sites is 1. The maximum atomic E-state index is 12.7. The van der Waals surface area contributed by atoms with Gasteiger partial charge >= 0.3 is 5.97 Å². The molecule has 0 saturated carbocycles. The van der Waals surface area contributed by atoms with Crippen molar-refractivity contribution in [1.29, 1.82) is 0 Å². The molecular formula is C24H22N2O4. The van der Waals surface area contributed by atoms with Crippen molar-refractivity contribution in [3.63, 3.8) is 0 Å². The number of nitrogens with one attached hydrogen (secondary N) is 2. The van der Waals surface area contributed by atoms with Crippen LogP contribution in [0.5, 0.6) is 0 Å². The molecule has 0 aromatic heterocycles. The highest BCUT2D eigenvalue weighted by Gasteiger charge is 2.15. The number of benzene rings is 3. The Morgan fingerprint density at radius 1 is 0.800 bits per heavy atom. The van der Waals surface area contributed by atoms with Crippen LogP contribution in [0, 0.1) is 13.8 Å². The summed E-state index contributed by atoms with van der Waals surface area (Å²) in [6.07, 6.45) is 0. The molecule has 0 fully saturated rings. The second kappa shape index (κ2) is 9.52. The van der Waals surface area contributed by atoms with Crippen LogP contribution >= 0.6 is 0 Å². The summed E-state index contributed by atoms with van der Waals surface area (Å²) < 4.78 is 5.07. The SMILES string of the molecule is Cc1cccc(NC(=O)c2ccccc2NC(=O)COC(=O)c2cccc(C)c2)c1. The number of amides is 2. The van der Waals surface area contributed by atoms with Gasteiger partial charge in [-0.3, -0.25) is 9.59 Å². The lowest BCUT2D eigenvalue weighted by Gasteiger charge is -2.12. The fraction of sp³-hybridized carbons (Fsp3) is 0.125. The topological polar surface area (TPSA) is 84.5 Å². The molecule has 3 aromatic rings. The zero-order valence-corrected chi connectivity index (χ0v) is 16.8. The van der Waals surface area contributed by atoms with E-state index < -0.39 is 18.5 Å². The molecule has 3 aromatic carbocycles. The van der Waals surface area contributed by atoms with Crippen molar-refractivity contribution in [2.24, 2.45) is 0 Å². The number of hydrogen-bond acceptors (Lipinski definition) is 4. The van der Waals surface area contributed by atoms with E-state index in [-0.39, 0.29) is 5.91 Å². The maximum Gasteiger partial charge on any atom is 0.338 e. The van der Waals surface area contributed by atoms with Gasteiger partial charge in [0.05, 0.1) is 16.8 Å². The first-order valence-corrected chi connectivity index (χ1v) is 9.43. The van der Waals surface area contributed by atoms with E-state index in [0.29, 0.717) is 22.5 Å². The Balaban J connectivity index is 1.63. The Morgan fingerprint density at radius 2 is 1.50 bits per heavy atom. The summed E-state index contributed by atoms with van der Waals surface area (Å²) in [5.74, 6) is -1.47. The van der Waals surface area contributed by atoms with Crippen LogP contribution in [0.4, 0.5) is 11.4 Å². The van der Waals surface area contributed by atoms with Crippen LogP contribution < -0.4 is 10.6 Å². The molecule has 0 aliphatic carbocycles. The molecule has 3 rings (SSSR count). The average molecular weight is 402 g/mol. The highest BCUT2D eigenvalue weighted by Crippen LogP contribution is 2.18. The molecule has 0 radical (unpaired) electrons. The molecule has 2 amide bonds. The highest BCUT2D eigenvalue weighted by molar-refractivity contribution is 6.10. The van der Waals surface area contributed by atoms with E-state index in [1.807, 2.05) is 38.1 Å². The zero-order chi connectivity index (χ0) is 21.5. The predicted molar refractivity (Wildman–Crippen MR) is 116 cm³/mol. The minimum Gasteiger partial charge on any atom is -0.452 e. The van der Waals surface area contributed by atoms with Crippen LogP contribution in [0.25, 0.3) is 0 Å². The van der Waals surface area contributed by atoms with E-state index in [1.54, 1.807) is 48.5 Å². The molecule has 6 nitrogen and oxygen atoms in total. The van der Waals surface area contributed by atoms with E-state index in [2.05, 4.69) is 10.6 Å². The molecular weight excluding hydrogens is 380 g/mol. The van der Waals surface area contributed by atoms with Gasteiger partial charge in [-0.15, -0.1) is 0 Å². The number of esters is 1. The molecule has 0 heterocycles. The summed E-state index contributed by atoms with van der Waals surface area (Å²) in [7, 11) is 0. The van der Waals surface area contributed by atoms with E-state index in [4.69, 9.17) is 4.74 Å². The van der Waals surface area contributed by atoms with E-state index in [1.165, 1.54) is 0 Å². The highest BCUT2D eigenvalue weighted by atomic mass is 16.5. The molecule has 2 N–H and O–H groups in total. The van der Waals surface area contributed by atoms with Crippen LogP contribution in [0.3, 0.4) is 0 Å². The monoisotopic (exact) mass is 402 g/mol. The molecule has 0 aliphatic rings. The molecule has 0 saturated heterocycles. The van der Waals surface area contributed by atoms with Gasteiger partial charge in [0.15, 0.2) is 6.61 Å². The van der Waals surface area contributed by atoms with Gasteiger partial charge in [-0.25, -0.2) is 4.79 Å². The molecule has 0 spiro atoms. The minimum absolute atomic E-state index is 0.303. The van der Waals surface area contributed by atoms with Gasteiger partial charge in [-0.1, -0.05) is 42.0 Å². The first-order chi connectivity index (χ1) is 14.4. The van der Waals surface area contributed by atoms with Crippen molar-refractivity contribution < 1.29 is 19.1 Å². The molecule has 0 bridgehead atoms. The smallest absolute Gasteiger partial charge is 0.338 e. The normalized spacial score (nSPS) is 10.2. The standard InChI is InChI=1S/C24H22N2O4/c1-16-7-5-9-18(13-16)24(29)30-15-22(27)26-21-12-4-3-11-20(21)23(28)25-19-10-6-8-17(2)14-19/h3-14H,15H2,1-2H3,(H,25,28)(H,26,27). The van der Waals surface area contributed by atoms with Crippen molar-refractivity contribution in [1.82, 2.24) is 0 Å². The quantitative estimate of drug-likeness (QED) is 0.601. The molecule has 6 heteroatoms. The van der Waals surface area contributed by atoms with Crippen LogP contribution in [-0.4, -0.2) is 24.4 Å². The third kappa shape index (κ3) is 5.54. The number of anilines is 2. The van der Waals surface area contributed by atoms with Crippen LogP contribution in [0.1, 0.15) is 31.8 Å². The van der Waals surface area contributed by atoms with Gasteiger partial charge in [-0.05, 0) is 55.8 Å². The molecule has 0 atom stereocenters. The van der Waals surface area contributed by atoms with Gasteiger partial charge in [-0.2, -0.15) is 0 Å². The summed E-state index contributed by atoms with van der Waals surface area (Å²) in [4.78, 5) is 37.0. The Morgan fingerprint density at radius 3 is 2.23 bits per heavy atom. The van der Waals surface area contributed by atoms with E-state index in [9.17, 15) is 14.4 Å². The summed E-state index contributed by atoms with van der Waals surface area (Å²) in [6.45, 7) is 3.34. The largest absolute Gasteiger partial charge is 0.452 e. The molecule has 152 valence electrons. The zero-order valence-electron chi connectivity index (χ0n) is 16.8. The lowest BCUT2D eigenvalue weighted by atomic mass is 10.1.